The van der Waals surface area contributed by atoms with Crippen LogP contribution in [0.2, 0.25) is 0 Å². The number of likely N-dealkylation sites (tertiary alicyclic amines) is 1. The lowest BCUT2D eigenvalue weighted by atomic mass is 9.90. The van der Waals surface area contributed by atoms with E-state index in [1.165, 1.54) is 5.56 Å². The van der Waals surface area contributed by atoms with E-state index in [1.54, 1.807) is 11.8 Å². The first kappa shape index (κ1) is 15.9. The SMILES string of the molecule is CCSCc1ccc(C(=O)N2CC[C@@](C)(C(=O)O)C2)cc1. The predicted molar refractivity (Wildman–Crippen MR) is 84.5 cm³/mol. The molecule has 5 heteroatoms. The highest BCUT2D eigenvalue weighted by Gasteiger charge is 2.42. The van der Waals surface area contributed by atoms with E-state index >= 15 is 0 Å². The third-order valence-corrected chi connectivity index (χ3v) is 4.90. The van der Waals surface area contributed by atoms with Crippen LogP contribution >= 0.6 is 11.8 Å². The van der Waals surface area contributed by atoms with E-state index in [0.717, 1.165) is 11.5 Å². The van der Waals surface area contributed by atoms with Crippen LogP contribution in [0.5, 0.6) is 0 Å². The summed E-state index contributed by atoms with van der Waals surface area (Å²) in [5.74, 6) is 1.12. The Morgan fingerprint density at radius 2 is 2.00 bits per heavy atom. The maximum absolute atomic E-state index is 12.4. The Morgan fingerprint density at radius 3 is 2.52 bits per heavy atom. The summed E-state index contributed by atoms with van der Waals surface area (Å²) in [6.07, 6.45) is 0.513. The molecule has 1 atom stereocenters. The maximum Gasteiger partial charge on any atom is 0.311 e. The summed E-state index contributed by atoms with van der Waals surface area (Å²) in [5.41, 5.74) is 1.03. The van der Waals surface area contributed by atoms with E-state index in [-0.39, 0.29) is 12.5 Å². The summed E-state index contributed by atoms with van der Waals surface area (Å²) in [6.45, 7) is 4.62. The van der Waals surface area contributed by atoms with E-state index in [4.69, 9.17) is 0 Å². The van der Waals surface area contributed by atoms with Crippen molar-refractivity contribution >= 4 is 23.6 Å². The molecular formula is C16H21NO3S. The zero-order valence-electron chi connectivity index (χ0n) is 12.5. The van der Waals surface area contributed by atoms with Gasteiger partial charge in [-0.3, -0.25) is 9.59 Å². The number of carboxylic acids is 1. The highest BCUT2D eigenvalue weighted by Crippen LogP contribution is 2.31. The molecule has 1 N–H and O–H groups in total. The number of thioether (sulfide) groups is 1. The average molecular weight is 307 g/mol. The van der Waals surface area contributed by atoms with Gasteiger partial charge in [-0.1, -0.05) is 19.1 Å². The van der Waals surface area contributed by atoms with Gasteiger partial charge in [0, 0.05) is 24.4 Å². The molecule has 0 unspecified atom stereocenters. The van der Waals surface area contributed by atoms with Crippen LogP contribution in [0.4, 0.5) is 0 Å². The van der Waals surface area contributed by atoms with Crippen molar-refractivity contribution in [2.45, 2.75) is 26.0 Å². The molecule has 1 saturated heterocycles. The van der Waals surface area contributed by atoms with Crippen molar-refractivity contribution < 1.29 is 14.7 Å². The van der Waals surface area contributed by atoms with Gasteiger partial charge >= 0.3 is 5.97 Å². The molecule has 0 saturated carbocycles. The molecule has 21 heavy (non-hydrogen) atoms. The molecular weight excluding hydrogens is 286 g/mol. The van der Waals surface area contributed by atoms with Crippen LogP contribution in [0.1, 0.15) is 36.2 Å². The number of carboxylic acid groups (broad SMARTS) is 1. The molecule has 0 radical (unpaired) electrons. The van der Waals surface area contributed by atoms with Gasteiger partial charge in [-0.15, -0.1) is 0 Å². The van der Waals surface area contributed by atoms with Crippen LogP contribution in [0.15, 0.2) is 24.3 Å². The minimum atomic E-state index is -0.829. The molecule has 114 valence electrons. The van der Waals surface area contributed by atoms with E-state index in [1.807, 2.05) is 36.0 Å². The molecule has 0 aliphatic carbocycles. The number of carbonyl (C=O) groups excluding carboxylic acids is 1. The van der Waals surface area contributed by atoms with Crippen molar-refractivity contribution in [1.82, 2.24) is 4.90 Å². The number of rotatable bonds is 5. The summed E-state index contributed by atoms with van der Waals surface area (Å²) in [6, 6.07) is 7.62. The smallest absolute Gasteiger partial charge is 0.311 e. The van der Waals surface area contributed by atoms with Crippen LogP contribution < -0.4 is 0 Å². The Kier molecular flexibility index (Phi) is 4.93. The molecule has 0 spiro atoms. The fourth-order valence-electron chi connectivity index (χ4n) is 2.46. The fraction of sp³-hybridized carbons (Fsp3) is 0.500. The summed E-state index contributed by atoms with van der Waals surface area (Å²) >= 11 is 1.84. The van der Waals surface area contributed by atoms with Gasteiger partial charge in [-0.2, -0.15) is 11.8 Å². The molecule has 4 nitrogen and oxygen atoms in total. The standard InChI is InChI=1S/C16H21NO3S/c1-3-21-10-12-4-6-13(7-5-12)14(18)17-9-8-16(2,11-17)15(19)20/h4-7H,3,8-11H2,1-2H3,(H,19,20)/t16-/m1/s1. The Hall–Kier alpha value is -1.49. The van der Waals surface area contributed by atoms with Crippen LogP contribution in [-0.4, -0.2) is 40.7 Å². The second kappa shape index (κ2) is 6.52. The second-order valence-electron chi connectivity index (χ2n) is 5.68. The Morgan fingerprint density at radius 1 is 1.33 bits per heavy atom. The first-order valence-corrected chi connectivity index (χ1v) is 8.31. The zero-order chi connectivity index (χ0) is 15.5. The lowest BCUT2D eigenvalue weighted by Crippen LogP contribution is -2.34. The van der Waals surface area contributed by atoms with Crippen molar-refractivity contribution in [3.05, 3.63) is 35.4 Å². The van der Waals surface area contributed by atoms with Gasteiger partial charge in [-0.05, 0) is 36.8 Å². The number of carbonyl (C=O) groups is 2. The van der Waals surface area contributed by atoms with E-state index < -0.39 is 11.4 Å². The Balaban J connectivity index is 2.02. The first-order chi connectivity index (χ1) is 9.96. The fourth-order valence-corrected chi connectivity index (χ4v) is 3.09. The summed E-state index contributed by atoms with van der Waals surface area (Å²) in [4.78, 5) is 25.3. The topological polar surface area (TPSA) is 57.6 Å². The molecule has 1 aliphatic rings. The van der Waals surface area contributed by atoms with Crippen molar-refractivity contribution in [2.24, 2.45) is 5.41 Å². The first-order valence-electron chi connectivity index (χ1n) is 7.15. The van der Waals surface area contributed by atoms with Crippen molar-refractivity contribution in [3.8, 4) is 0 Å². The molecule has 1 heterocycles. The van der Waals surface area contributed by atoms with Crippen molar-refractivity contribution in [1.29, 1.82) is 0 Å². The highest BCUT2D eigenvalue weighted by molar-refractivity contribution is 7.98. The molecule has 2 rings (SSSR count). The van der Waals surface area contributed by atoms with E-state index in [0.29, 0.717) is 18.5 Å². The van der Waals surface area contributed by atoms with E-state index in [9.17, 15) is 14.7 Å². The quantitative estimate of drug-likeness (QED) is 0.909. The average Bonchev–Trinajstić information content (AvgIpc) is 2.89. The van der Waals surface area contributed by atoms with Gasteiger partial charge < -0.3 is 10.0 Å². The number of amides is 1. The Labute approximate surface area is 129 Å². The largest absolute Gasteiger partial charge is 0.481 e. The molecule has 1 aromatic carbocycles. The van der Waals surface area contributed by atoms with Crippen molar-refractivity contribution in [3.63, 3.8) is 0 Å². The number of hydrogen-bond donors (Lipinski definition) is 1. The van der Waals surface area contributed by atoms with Gasteiger partial charge in [0.05, 0.1) is 5.41 Å². The summed E-state index contributed by atoms with van der Waals surface area (Å²) in [5, 5.41) is 9.22. The molecule has 0 bridgehead atoms. The van der Waals surface area contributed by atoms with Crippen LogP contribution in [0, 0.1) is 5.41 Å². The lowest BCUT2D eigenvalue weighted by molar-refractivity contribution is -0.147. The predicted octanol–water partition coefficient (Wildman–Crippen LogP) is 2.88. The van der Waals surface area contributed by atoms with Gasteiger partial charge in [0.25, 0.3) is 5.91 Å². The lowest BCUT2D eigenvalue weighted by Gasteiger charge is -2.20. The monoisotopic (exact) mass is 307 g/mol. The minimum absolute atomic E-state index is 0.0744. The van der Waals surface area contributed by atoms with Crippen molar-refractivity contribution in [2.75, 3.05) is 18.8 Å². The number of aliphatic carboxylic acids is 1. The third-order valence-electron chi connectivity index (χ3n) is 3.95. The number of hydrogen-bond acceptors (Lipinski definition) is 3. The third kappa shape index (κ3) is 3.59. The highest BCUT2D eigenvalue weighted by atomic mass is 32.2. The zero-order valence-corrected chi connectivity index (χ0v) is 13.3. The maximum atomic E-state index is 12.4. The molecule has 1 aromatic rings. The van der Waals surface area contributed by atoms with Gasteiger partial charge in [0.15, 0.2) is 0 Å². The summed E-state index contributed by atoms with van der Waals surface area (Å²) in [7, 11) is 0. The molecule has 1 aliphatic heterocycles. The normalized spacial score (nSPS) is 21.5. The number of nitrogens with zero attached hydrogens (tertiary/aromatic N) is 1. The van der Waals surface area contributed by atoms with Gasteiger partial charge in [0.2, 0.25) is 0 Å². The van der Waals surface area contributed by atoms with E-state index in [2.05, 4.69) is 6.92 Å². The summed E-state index contributed by atoms with van der Waals surface area (Å²) < 4.78 is 0. The Bertz CT molecular complexity index is 529. The number of benzene rings is 1. The van der Waals surface area contributed by atoms with Gasteiger partial charge in [-0.25, -0.2) is 0 Å². The second-order valence-corrected chi connectivity index (χ2v) is 6.95. The molecule has 0 aromatic heterocycles. The van der Waals surface area contributed by atoms with Crippen LogP contribution in [0.25, 0.3) is 0 Å². The molecule has 1 fully saturated rings. The molecule has 1 amide bonds. The van der Waals surface area contributed by atoms with Crippen LogP contribution in [-0.2, 0) is 10.5 Å². The van der Waals surface area contributed by atoms with Crippen LogP contribution in [0.3, 0.4) is 0 Å². The minimum Gasteiger partial charge on any atom is -0.481 e. The van der Waals surface area contributed by atoms with Gasteiger partial charge in [0.1, 0.15) is 0 Å².